The van der Waals surface area contributed by atoms with Crippen LogP contribution in [0.5, 0.6) is 5.75 Å². The fraction of sp³-hybridized carbons (Fsp3) is 0.625. The zero-order chi connectivity index (χ0) is 14.5. The van der Waals surface area contributed by atoms with E-state index in [2.05, 4.69) is 26.1 Å². The second kappa shape index (κ2) is 6.90. The van der Waals surface area contributed by atoms with Gasteiger partial charge in [0.2, 0.25) is 0 Å². The zero-order valence-electron chi connectivity index (χ0n) is 12.7. The first-order valence-corrected chi connectivity index (χ1v) is 6.99. The number of halogens is 1. The van der Waals surface area contributed by atoms with E-state index in [0.29, 0.717) is 6.61 Å². The van der Waals surface area contributed by atoms with Crippen LogP contribution in [0.2, 0.25) is 0 Å². The number of benzene rings is 1. The minimum atomic E-state index is -0.220. The minimum absolute atomic E-state index is 0.0883. The molecule has 0 heterocycles. The number of nitrogens with one attached hydrogen (secondary N) is 1. The normalized spacial score (nSPS) is 13.4. The highest BCUT2D eigenvalue weighted by molar-refractivity contribution is 5.36. The third kappa shape index (κ3) is 5.60. The minimum Gasteiger partial charge on any atom is -0.493 e. The molecule has 0 aliphatic carbocycles. The molecule has 0 spiro atoms. The van der Waals surface area contributed by atoms with Gasteiger partial charge >= 0.3 is 0 Å². The van der Waals surface area contributed by atoms with Crippen LogP contribution in [0.1, 0.15) is 52.6 Å². The Morgan fingerprint density at radius 3 is 2.58 bits per heavy atom. The molecule has 2 nitrogen and oxygen atoms in total. The van der Waals surface area contributed by atoms with Crippen molar-refractivity contribution in [1.82, 2.24) is 5.32 Å². The topological polar surface area (TPSA) is 21.3 Å². The Bertz CT molecular complexity index is 398. The molecular formula is C16H26FNO. The van der Waals surface area contributed by atoms with Crippen LogP contribution in [-0.2, 0) is 0 Å². The standard InChI is InChI=1S/C16H26FNO/c1-6-18-12(2)14-11-13(17)7-8-15(14)19-10-9-16(3,4)5/h7-8,11-12,18H,6,9-10H2,1-5H3. The summed E-state index contributed by atoms with van der Waals surface area (Å²) in [6.45, 7) is 12.1. The Labute approximate surface area is 116 Å². The van der Waals surface area contributed by atoms with Gasteiger partial charge in [0.25, 0.3) is 0 Å². The smallest absolute Gasteiger partial charge is 0.124 e. The van der Waals surface area contributed by atoms with E-state index in [0.717, 1.165) is 24.3 Å². The van der Waals surface area contributed by atoms with Crippen LogP contribution in [0.4, 0.5) is 4.39 Å². The van der Waals surface area contributed by atoms with Gasteiger partial charge in [-0.2, -0.15) is 0 Å². The maximum Gasteiger partial charge on any atom is 0.124 e. The van der Waals surface area contributed by atoms with Crippen LogP contribution in [0, 0.1) is 11.2 Å². The number of hydrogen-bond acceptors (Lipinski definition) is 2. The molecule has 0 fully saturated rings. The molecule has 1 unspecified atom stereocenters. The number of hydrogen-bond donors (Lipinski definition) is 1. The quantitative estimate of drug-likeness (QED) is 0.829. The first-order valence-electron chi connectivity index (χ1n) is 6.99. The van der Waals surface area contributed by atoms with Crippen molar-refractivity contribution in [2.45, 2.75) is 47.1 Å². The van der Waals surface area contributed by atoms with Crippen LogP contribution in [0.25, 0.3) is 0 Å². The number of ether oxygens (including phenoxy) is 1. The summed E-state index contributed by atoms with van der Waals surface area (Å²) in [5.74, 6) is 0.557. The van der Waals surface area contributed by atoms with Crippen molar-refractivity contribution < 1.29 is 9.13 Å². The van der Waals surface area contributed by atoms with Crippen molar-refractivity contribution in [3.63, 3.8) is 0 Å². The summed E-state index contributed by atoms with van der Waals surface area (Å²) in [5, 5.41) is 3.29. The van der Waals surface area contributed by atoms with Gasteiger partial charge in [-0.3, -0.25) is 0 Å². The van der Waals surface area contributed by atoms with Gasteiger partial charge in [0.1, 0.15) is 11.6 Å². The molecule has 0 aliphatic heterocycles. The van der Waals surface area contributed by atoms with Crippen LogP contribution in [0.3, 0.4) is 0 Å². The monoisotopic (exact) mass is 267 g/mol. The molecule has 0 saturated heterocycles. The van der Waals surface area contributed by atoms with E-state index in [1.54, 1.807) is 12.1 Å². The van der Waals surface area contributed by atoms with Crippen LogP contribution in [-0.4, -0.2) is 13.2 Å². The lowest BCUT2D eigenvalue weighted by molar-refractivity contribution is 0.240. The summed E-state index contributed by atoms with van der Waals surface area (Å²) in [6, 6.07) is 4.82. The molecule has 0 aliphatic rings. The van der Waals surface area contributed by atoms with Gasteiger partial charge in [-0.25, -0.2) is 4.39 Å². The molecule has 0 radical (unpaired) electrons. The maximum atomic E-state index is 13.4. The summed E-state index contributed by atoms with van der Waals surface area (Å²) < 4.78 is 19.2. The van der Waals surface area contributed by atoms with Crippen molar-refractivity contribution in [2.24, 2.45) is 5.41 Å². The van der Waals surface area contributed by atoms with Crippen molar-refractivity contribution >= 4 is 0 Å². The van der Waals surface area contributed by atoms with E-state index < -0.39 is 0 Å². The van der Waals surface area contributed by atoms with E-state index in [-0.39, 0.29) is 17.3 Å². The maximum absolute atomic E-state index is 13.4. The average molecular weight is 267 g/mol. The largest absolute Gasteiger partial charge is 0.493 e. The second-order valence-electron chi connectivity index (χ2n) is 6.12. The highest BCUT2D eigenvalue weighted by atomic mass is 19.1. The molecule has 1 atom stereocenters. The summed E-state index contributed by atoms with van der Waals surface area (Å²) in [6.07, 6.45) is 0.972. The van der Waals surface area contributed by atoms with E-state index in [1.807, 2.05) is 13.8 Å². The Kier molecular flexibility index (Phi) is 5.80. The van der Waals surface area contributed by atoms with Crippen molar-refractivity contribution in [3.05, 3.63) is 29.6 Å². The summed E-state index contributed by atoms with van der Waals surface area (Å²) in [7, 11) is 0. The second-order valence-corrected chi connectivity index (χ2v) is 6.12. The van der Waals surface area contributed by atoms with Gasteiger partial charge in [0.15, 0.2) is 0 Å². The average Bonchev–Trinajstić information content (AvgIpc) is 2.29. The van der Waals surface area contributed by atoms with Crippen molar-refractivity contribution in [3.8, 4) is 5.75 Å². The van der Waals surface area contributed by atoms with E-state index in [4.69, 9.17) is 4.74 Å². The lowest BCUT2D eigenvalue weighted by Gasteiger charge is -2.21. The molecule has 1 rings (SSSR count). The molecule has 0 saturated carbocycles. The van der Waals surface area contributed by atoms with E-state index >= 15 is 0 Å². The van der Waals surface area contributed by atoms with Gasteiger partial charge in [-0.15, -0.1) is 0 Å². The Morgan fingerprint density at radius 1 is 1.32 bits per heavy atom. The summed E-state index contributed by atoms with van der Waals surface area (Å²) in [5.41, 5.74) is 1.13. The molecule has 0 aromatic heterocycles. The molecule has 3 heteroatoms. The van der Waals surface area contributed by atoms with Crippen molar-refractivity contribution in [2.75, 3.05) is 13.2 Å². The van der Waals surface area contributed by atoms with Crippen molar-refractivity contribution in [1.29, 1.82) is 0 Å². The van der Waals surface area contributed by atoms with Gasteiger partial charge in [0.05, 0.1) is 6.61 Å². The van der Waals surface area contributed by atoms with Gasteiger partial charge < -0.3 is 10.1 Å². The third-order valence-corrected chi connectivity index (χ3v) is 3.06. The van der Waals surface area contributed by atoms with Gasteiger partial charge in [-0.05, 0) is 43.5 Å². The molecule has 0 bridgehead atoms. The fourth-order valence-corrected chi connectivity index (χ4v) is 1.87. The Hall–Kier alpha value is -1.09. The van der Waals surface area contributed by atoms with Crippen LogP contribution >= 0.6 is 0 Å². The highest BCUT2D eigenvalue weighted by Gasteiger charge is 2.14. The van der Waals surface area contributed by atoms with E-state index in [9.17, 15) is 4.39 Å². The number of rotatable bonds is 6. The predicted octanol–water partition coefficient (Wildman–Crippen LogP) is 4.31. The summed E-state index contributed by atoms with van der Waals surface area (Å²) >= 11 is 0. The molecule has 1 aromatic carbocycles. The van der Waals surface area contributed by atoms with Gasteiger partial charge in [-0.1, -0.05) is 27.7 Å². The highest BCUT2D eigenvalue weighted by Crippen LogP contribution is 2.27. The lowest BCUT2D eigenvalue weighted by atomic mass is 9.93. The Balaban J connectivity index is 2.76. The zero-order valence-corrected chi connectivity index (χ0v) is 12.7. The lowest BCUT2D eigenvalue weighted by Crippen LogP contribution is -2.19. The predicted molar refractivity (Wildman–Crippen MR) is 78.1 cm³/mol. The third-order valence-electron chi connectivity index (χ3n) is 3.06. The van der Waals surface area contributed by atoms with Crippen LogP contribution < -0.4 is 10.1 Å². The molecule has 108 valence electrons. The Morgan fingerprint density at radius 2 is 2.00 bits per heavy atom. The van der Waals surface area contributed by atoms with Crippen LogP contribution in [0.15, 0.2) is 18.2 Å². The first kappa shape index (κ1) is 16.0. The first-order chi connectivity index (χ1) is 8.83. The molecule has 1 N–H and O–H groups in total. The van der Waals surface area contributed by atoms with E-state index in [1.165, 1.54) is 6.07 Å². The molecule has 1 aromatic rings. The summed E-state index contributed by atoms with van der Waals surface area (Å²) in [4.78, 5) is 0. The fourth-order valence-electron chi connectivity index (χ4n) is 1.87. The SMILES string of the molecule is CCNC(C)c1cc(F)ccc1OCCC(C)(C)C. The molecule has 19 heavy (non-hydrogen) atoms. The molecular weight excluding hydrogens is 241 g/mol. The molecule has 0 amide bonds. The van der Waals surface area contributed by atoms with Gasteiger partial charge in [0, 0.05) is 11.6 Å².